The van der Waals surface area contributed by atoms with Crippen LogP contribution in [0, 0.1) is 16.0 Å². The van der Waals surface area contributed by atoms with Crippen LogP contribution < -0.4 is 15.1 Å². The van der Waals surface area contributed by atoms with Gasteiger partial charge in [-0.3, -0.25) is 19.7 Å². The maximum Gasteiger partial charge on any atom is 0.259 e. The summed E-state index contributed by atoms with van der Waals surface area (Å²) in [6.45, 7) is 0.801. The van der Waals surface area contributed by atoms with E-state index in [-0.39, 0.29) is 5.84 Å². The zero-order valence-electron chi connectivity index (χ0n) is 15.9. The Labute approximate surface area is 167 Å². The summed E-state index contributed by atoms with van der Waals surface area (Å²) in [6.07, 6.45) is 0. The number of carbonyl (C=O) groups is 2. The molecule has 0 bridgehead atoms. The summed E-state index contributed by atoms with van der Waals surface area (Å²) < 4.78 is 5.14. The van der Waals surface area contributed by atoms with Crippen molar-refractivity contribution in [2.24, 2.45) is 11.0 Å². The first kappa shape index (κ1) is 20.0. The molecule has 1 N–H and O–H groups in total. The topological polar surface area (TPSA) is 114 Å². The zero-order chi connectivity index (χ0) is 21.0. The van der Waals surface area contributed by atoms with Crippen molar-refractivity contribution in [1.29, 1.82) is 0 Å². The highest BCUT2D eigenvalue weighted by molar-refractivity contribution is 6.18. The van der Waals surface area contributed by atoms with Gasteiger partial charge in [0.15, 0.2) is 0 Å². The lowest BCUT2D eigenvalue weighted by atomic mass is 9.84. The third-order valence-corrected chi connectivity index (χ3v) is 4.57. The maximum absolute atomic E-state index is 13.2. The molecule has 29 heavy (non-hydrogen) atoms. The number of nitrogens with one attached hydrogen (secondary N) is 1. The van der Waals surface area contributed by atoms with E-state index in [2.05, 4.69) is 10.4 Å². The van der Waals surface area contributed by atoms with Gasteiger partial charge in [-0.05, 0) is 29.8 Å². The van der Waals surface area contributed by atoms with E-state index in [4.69, 9.17) is 4.74 Å². The molecule has 2 aromatic carbocycles. The third kappa shape index (κ3) is 4.40. The molecular formula is C20H20N4O5. The van der Waals surface area contributed by atoms with Gasteiger partial charge in [-0.15, -0.1) is 0 Å². The first-order valence-electron chi connectivity index (χ1n) is 8.91. The number of methoxy groups -OCH3 is 1. The number of hydrazone groups is 1. The fraction of sp³-hybridized carbons (Fsp3) is 0.250. The fourth-order valence-electron chi connectivity index (χ4n) is 3.28. The van der Waals surface area contributed by atoms with Crippen molar-refractivity contribution < 1.29 is 19.2 Å². The number of amides is 2. The average Bonchev–Trinajstić information content (AvgIpc) is 3.02. The SMILES string of the molecule is COc1ccc([C@H](C[N+](=O)[O-])[C@@H]2C(=O)N(c3ccccc3)N=C2NC(C)=O)cc1. The van der Waals surface area contributed by atoms with Crippen LogP contribution in [-0.2, 0) is 9.59 Å². The summed E-state index contributed by atoms with van der Waals surface area (Å²) in [5, 5.41) is 19.4. The van der Waals surface area contributed by atoms with Gasteiger partial charge in [-0.2, -0.15) is 10.1 Å². The number of benzene rings is 2. The van der Waals surface area contributed by atoms with E-state index < -0.39 is 35.1 Å². The molecule has 0 aromatic heterocycles. The number of hydrogen-bond donors (Lipinski definition) is 1. The third-order valence-electron chi connectivity index (χ3n) is 4.57. The molecule has 1 aliphatic heterocycles. The van der Waals surface area contributed by atoms with Gasteiger partial charge in [0.25, 0.3) is 5.91 Å². The monoisotopic (exact) mass is 396 g/mol. The number of ether oxygens (including phenoxy) is 1. The molecule has 0 saturated carbocycles. The van der Waals surface area contributed by atoms with Crippen LogP contribution in [0.25, 0.3) is 0 Å². The van der Waals surface area contributed by atoms with Gasteiger partial charge in [0.05, 0.1) is 18.7 Å². The smallest absolute Gasteiger partial charge is 0.259 e. The van der Waals surface area contributed by atoms with Gasteiger partial charge in [0.1, 0.15) is 17.5 Å². The summed E-state index contributed by atoms with van der Waals surface area (Å²) >= 11 is 0. The molecule has 0 unspecified atom stereocenters. The lowest BCUT2D eigenvalue weighted by Gasteiger charge is -2.21. The zero-order valence-corrected chi connectivity index (χ0v) is 15.9. The number of hydrogen-bond acceptors (Lipinski definition) is 6. The molecule has 2 atom stereocenters. The van der Waals surface area contributed by atoms with Gasteiger partial charge < -0.3 is 10.1 Å². The van der Waals surface area contributed by atoms with Crippen LogP contribution in [0.2, 0.25) is 0 Å². The minimum Gasteiger partial charge on any atom is -0.497 e. The summed E-state index contributed by atoms with van der Waals surface area (Å²) in [5.74, 6) is -1.99. The Hall–Kier alpha value is -3.75. The molecule has 150 valence electrons. The highest BCUT2D eigenvalue weighted by atomic mass is 16.6. The van der Waals surface area contributed by atoms with Crippen molar-refractivity contribution in [3.05, 3.63) is 70.3 Å². The largest absolute Gasteiger partial charge is 0.497 e. The van der Waals surface area contributed by atoms with Gasteiger partial charge in [-0.25, -0.2) is 0 Å². The number of rotatable bonds is 6. The molecule has 0 aliphatic carbocycles. The van der Waals surface area contributed by atoms with Gasteiger partial charge >= 0.3 is 0 Å². The Balaban J connectivity index is 2.03. The second-order valence-corrected chi connectivity index (χ2v) is 6.52. The summed E-state index contributed by atoms with van der Waals surface area (Å²) in [5.41, 5.74) is 1.09. The van der Waals surface area contributed by atoms with Crippen molar-refractivity contribution in [2.45, 2.75) is 12.8 Å². The molecule has 9 nitrogen and oxygen atoms in total. The molecule has 2 amide bonds. The average molecular weight is 396 g/mol. The normalized spacial score (nSPS) is 16.9. The predicted molar refractivity (Wildman–Crippen MR) is 106 cm³/mol. The van der Waals surface area contributed by atoms with Crippen molar-refractivity contribution >= 4 is 23.3 Å². The van der Waals surface area contributed by atoms with Crippen molar-refractivity contribution in [3.8, 4) is 5.75 Å². The molecule has 3 rings (SSSR count). The molecule has 0 spiro atoms. The molecular weight excluding hydrogens is 376 g/mol. The first-order valence-corrected chi connectivity index (χ1v) is 8.91. The number of para-hydroxylation sites is 1. The van der Waals surface area contributed by atoms with Crippen LogP contribution in [0.5, 0.6) is 5.75 Å². The first-order chi connectivity index (χ1) is 13.9. The van der Waals surface area contributed by atoms with Crippen molar-refractivity contribution in [2.75, 3.05) is 18.7 Å². The van der Waals surface area contributed by atoms with Gasteiger partial charge in [-0.1, -0.05) is 30.3 Å². The number of nitro groups is 1. The Morgan fingerprint density at radius 2 is 1.90 bits per heavy atom. The Bertz CT molecular complexity index is 943. The van der Waals surface area contributed by atoms with Crippen LogP contribution >= 0.6 is 0 Å². The second-order valence-electron chi connectivity index (χ2n) is 6.52. The lowest BCUT2D eigenvalue weighted by molar-refractivity contribution is -0.484. The molecule has 0 saturated heterocycles. The van der Waals surface area contributed by atoms with E-state index >= 15 is 0 Å². The van der Waals surface area contributed by atoms with Crippen molar-refractivity contribution in [3.63, 3.8) is 0 Å². The predicted octanol–water partition coefficient (Wildman–Crippen LogP) is 2.17. The maximum atomic E-state index is 13.2. The van der Waals surface area contributed by atoms with E-state index in [9.17, 15) is 19.7 Å². The minimum atomic E-state index is -1.00. The fourth-order valence-corrected chi connectivity index (χ4v) is 3.28. The van der Waals surface area contributed by atoms with E-state index in [0.717, 1.165) is 0 Å². The quantitative estimate of drug-likeness (QED) is 0.594. The number of nitrogens with zero attached hydrogens (tertiary/aromatic N) is 3. The molecule has 0 radical (unpaired) electrons. The molecule has 2 aromatic rings. The van der Waals surface area contributed by atoms with E-state index in [1.54, 1.807) is 54.6 Å². The van der Waals surface area contributed by atoms with Crippen molar-refractivity contribution in [1.82, 2.24) is 5.32 Å². The Morgan fingerprint density at radius 1 is 1.24 bits per heavy atom. The van der Waals surface area contributed by atoms with Gasteiger partial charge in [0, 0.05) is 11.8 Å². The Morgan fingerprint density at radius 3 is 2.45 bits per heavy atom. The number of amidine groups is 1. The van der Waals surface area contributed by atoms with Crippen LogP contribution in [0.3, 0.4) is 0 Å². The lowest BCUT2D eigenvalue weighted by Crippen LogP contribution is -2.41. The minimum absolute atomic E-state index is 0.0917. The second kappa shape index (κ2) is 8.51. The highest BCUT2D eigenvalue weighted by Crippen LogP contribution is 2.34. The van der Waals surface area contributed by atoms with Crippen LogP contribution in [0.1, 0.15) is 18.4 Å². The molecule has 9 heteroatoms. The Kier molecular flexibility index (Phi) is 5.87. The summed E-state index contributed by atoms with van der Waals surface area (Å²) in [4.78, 5) is 35.8. The number of anilines is 1. The number of carbonyl (C=O) groups excluding carboxylic acids is 2. The molecule has 1 aliphatic rings. The van der Waals surface area contributed by atoms with E-state index in [1.165, 1.54) is 19.0 Å². The van der Waals surface area contributed by atoms with E-state index in [1.807, 2.05) is 0 Å². The standard InChI is InChI=1S/C20H20N4O5/c1-13(25)21-19-18(20(26)24(22-19)15-6-4-3-5-7-15)17(12-23(27)28)14-8-10-16(29-2)11-9-14/h3-11,17-18H,12H2,1-2H3,(H,21,22,25)/t17-,18-/m0/s1. The summed E-state index contributed by atoms with van der Waals surface area (Å²) in [6, 6.07) is 15.4. The highest BCUT2D eigenvalue weighted by Gasteiger charge is 2.45. The molecule has 0 fully saturated rings. The van der Waals surface area contributed by atoms with E-state index in [0.29, 0.717) is 17.0 Å². The summed E-state index contributed by atoms with van der Waals surface area (Å²) in [7, 11) is 1.52. The van der Waals surface area contributed by atoms with Crippen LogP contribution in [-0.4, -0.2) is 36.2 Å². The van der Waals surface area contributed by atoms with Crippen LogP contribution in [0.4, 0.5) is 5.69 Å². The van der Waals surface area contributed by atoms with Crippen LogP contribution in [0.15, 0.2) is 59.7 Å². The van der Waals surface area contributed by atoms with Gasteiger partial charge in [0.2, 0.25) is 12.5 Å². The molecule has 1 heterocycles.